The summed E-state index contributed by atoms with van der Waals surface area (Å²) in [5, 5.41) is 10.4. The van der Waals surface area contributed by atoms with Gasteiger partial charge in [-0.1, -0.05) is 23.8 Å². The smallest absolute Gasteiger partial charge is 0.497 e. The number of hydrogen-bond acceptors (Lipinski definition) is 5. The predicted molar refractivity (Wildman–Crippen MR) is 129 cm³/mol. The number of rotatable bonds is 6. The number of fused-ring (bicyclic) bond motifs is 1. The minimum atomic E-state index is -4.89. The zero-order valence-corrected chi connectivity index (χ0v) is 20.2. The average Bonchev–Trinajstić information content (AvgIpc) is 3.25. The molecule has 0 saturated carbocycles. The number of sulfonamides is 1. The predicted octanol–water partition coefficient (Wildman–Crippen LogP) is 5.53. The number of ether oxygens (including phenoxy) is 2. The van der Waals surface area contributed by atoms with Crippen molar-refractivity contribution in [3.63, 3.8) is 0 Å². The van der Waals surface area contributed by atoms with Gasteiger partial charge >= 0.3 is 6.36 Å². The number of aromatic nitrogens is 1. The summed E-state index contributed by atoms with van der Waals surface area (Å²) in [6.07, 6.45) is 3.31. The minimum absolute atomic E-state index is 0.151. The van der Waals surface area contributed by atoms with Gasteiger partial charge in [0.05, 0.1) is 28.6 Å². The van der Waals surface area contributed by atoms with Crippen LogP contribution >= 0.6 is 11.6 Å². The molecule has 0 aliphatic heterocycles. The zero-order valence-electron chi connectivity index (χ0n) is 18.7. The monoisotopic (exact) mass is 540 g/mol. The quantitative estimate of drug-likeness (QED) is 0.429. The summed E-state index contributed by atoms with van der Waals surface area (Å²) >= 11 is 6.36. The summed E-state index contributed by atoms with van der Waals surface area (Å²) in [5.41, 5.74) is 1.92. The van der Waals surface area contributed by atoms with E-state index in [2.05, 4.69) is 9.46 Å². The van der Waals surface area contributed by atoms with Gasteiger partial charge in [0.15, 0.2) is 0 Å². The van der Waals surface area contributed by atoms with Crippen molar-refractivity contribution in [1.29, 1.82) is 0 Å². The van der Waals surface area contributed by atoms with E-state index in [1.165, 1.54) is 19.2 Å². The van der Waals surface area contributed by atoms with Gasteiger partial charge in [-0.15, -0.1) is 13.2 Å². The van der Waals surface area contributed by atoms with Crippen LogP contribution in [0, 0.1) is 0 Å². The van der Waals surface area contributed by atoms with Crippen LogP contribution in [0.25, 0.3) is 11.1 Å². The van der Waals surface area contributed by atoms with Gasteiger partial charge in [0.2, 0.25) is 0 Å². The Morgan fingerprint density at radius 2 is 1.89 bits per heavy atom. The molecule has 0 spiro atoms. The molecule has 2 N–H and O–H groups in total. The fourth-order valence-corrected chi connectivity index (χ4v) is 4.81. The van der Waals surface area contributed by atoms with E-state index < -0.39 is 28.2 Å². The van der Waals surface area contributed by atoms with Gasteiger partial charge in [-0.05, 0) is 66.6 Å². The topological polar surface area (TPSA) is 89.3 Å². The van der Waals surface area contributed by atoms with Crippen LogP contribution in [0.1, 0.15) is 12.0 Å². The summed E-state index contributed by atoms with van der Waals surface area (Å²) in [6, 6.07) is 8.59. The maximum atomic E-state index is 12.9. The summed E-state index contributed by atoms with van der Waals surface area (Å²) in [5.74, 6) is 0.125. The first-order valence-corrected chi connectivity index (χ1v) is 12.3. The van der Waals surface area contributed by atoms with Crippen LogP contribution < -0.4 is 9.46 Å². The fourth-order valence-electron chi connectivity index (χ4n) is 3.54. The lowest BCUT2D eigenvalue weighted by Crippen LogP contribution is -2.17. The number of allylic oxidation sites excluding steroid dienone is 3. The number of nitrogens with one attached hydrogen (secondary N) is 1. The molecule has 0 fully saturated rings. The largest absolute Gasteiger partial charge is 0.573 e. The van der Waals surface area contributed by atoms with Crippen molar-refractivity contribution >= 4 is 38.5 Å². The molecule has 3 aromatic rings. The standard InChI is InChI=1S/C24H20ClF3N2O5S/c1-34-19-5-4-17(31)3-2-15(12-19)16-13-22-21(25)10-11-23(30(22)14-16)29-36(32,33)20-8-6-18(7-9-20)35-24(26,27)28/h2,4-14,17,29,31H,3H2,1H3. The molecule has 36 heavy (non-hydrogen) atoms. The Labute approximate surface area is 209 Å². The Morgan fingerprint density at radius 1 is 1.17 bits per heavy atom. The van der Waals surface area contributed by atoms with Crippen LogP contribution in [0.4, 0.5) is 19.0 Å². The van der Waals surface area contributed by atoms with Crippen LogP contribution in [-0.2, 0) is 14.8 Å². The molecule has 2 aromatic heterocycles. The minimum Gasteiger partial charge on any atom is -0.497 e. The highest BCUT2D eigenvalue weighted by Gasteiger charge is 2.31. The van der Waals surface area contributed by atoms with E-state index in [4.69, 9.17) is 16.3 Å². The number of hydrogen-bond donors (Lipinski definition) is 2. The van der Waals surface area contributed by atoms with Gasteiger partial charge in [0, 0.05) is 11.8 Å². The van der Waals surface area contributed by atoms with Crippen molar-refractivity contribution in [1.82, 2.24) is 4.40 Å². The molecule has 1 aromatic carbocycles. The Morgan fingerprint density at radius 3 is 2.56 bits per heavy atom. The lowest BCUT2D eigenvalue weighted by molar-refractivity contribution is -0.274. The second-order valence-corrected chi connectivity index (χ2v) is 9.84. The number of halogens is 4. The highest BCUT2D eigenvalue weighted by molar-refractivity contribution is 7.92. The van der Waals surface area contributed by atoms with E-state index in [-0.39, 0.29) is 10.7 Å². The molecule has 0 saturated heterocycles. The Bertz CT molecular complexity index is 1480. The molecular formula is C24H20ClF3N2O5S. The summed E-state index contributed by atoms with van der Waals surface area (Å²) < 4.78 is 76.1. The number of nitrogens with zero attached hydrogens (tertiary/aromatic N) is 1. The second-order valence-electron chi connectivity index (χ2n) is 7.75. The number of methoxy groups -OCH3 is 1. The van der Waals surface area contributed by atoms with Gasteiger partial charge in [0.1, 0.15) is 17.3 Å². The lowest BCUT2D eigenvalue weighted by atomic mass is 10.0. The molecule has 1 unspecified atom stereocenters. The third kappa shape index (κ3) is 5.86. The normalized spacial score (nSPS) is 16.7. The van der Waals surface area contributed by atoms with Gasteiger partial charge < -0.3 is 19.0 Å². The van der Waals surface area contributed by atoms with Crippen LogP contribution in [-0.4, -0.2) is 37.5 Å². The van der Waals surface area contributed by atoms with Gasteiger partial charge in [0.25, 0.3) is 10.0 Å². The summed E-state index contributed by atoms with van der Waals surface area (Å²) in [7, 11) is -2.66. The van der Waals surface area contributed by atoms with Gasteiger partial charge in [-0.25, -0.2) is 8.42 Å². The molecule has 1 atom stereocenters. The van der Waals surface area contributed by atoms with Crippen LogP contribution in [0.3, 0.4) is 0 Å². The van der Waals surface area contributed by atoms with Crippen molar-refractivity contribution in [2.45, 2.75) is 23.8 Å². The van der Waals surface area contributed by atoms with Crippen molar-refractivity contribution in [3.8, 4) is 5.75 Å². The second kappa shape index (κ2) is 9.92. The van der Waals surface area contributed by atoms with E-state index in [1.54, 1.807) is 34.9 Å². The van der Waals surface area contributed by atoms with Crippen molar-refractivity contribution in [2.24, 2.45) is 0 Å². The first-order chi connectivity index (χ1) is 16.9. The molecule has 0 bridgehead atoms. The first-order valence-electron chi connectivity index (χ1n) is 10.5. The maximum Gasteiger partial charge on any atom is 0.573 e. The van der Waals surface area contributed by atoms with E-state index in [0.717, 1.165) is 29.8 Å². The summed E-state index contributed by atoms with van der Waals surface area (Å²) in [6.45, 7) is 0. The zero-order chi connectivity index (χ0) is 26.1. The van der Waals surface area contributed by atoms with Crippen molar-refractivity contribution < 1.29 is 36.2 Å². The molecule has 2 heterocycles. The molecule has 0 amide bonds. The third-order valence-electron chi connectivity index (χ3n) is 5.25. The number of aliphatic hydroxyl groups is 1. The van der Waals surface area contributed by atoms with Crippen molar-refractivity contribution in [2.75, 3.05) is 11.8 Å². The average molecular weight is 541 g/mol. The number of alkyl halides is 3. The Kier molecular flexibility index (Phi) is 7.07. The van der Waals surface area contributed by atoms with E-state index in [9.17, 15) is 26.7 Å². The SMILES string of the molecule is COC1=CC(c2cc3c(Cl)ccc(NS(=O)(=O)c4ccc(OC(F)(F)F)cc4)n3c2)=CCC(O)C=C1. The van der Waals surface area contributed by atoms with Gasteiger partial charge in [-0.2, -0.15) is 0 Å². The molecule has 12 heteroatoms. The number of aliphatic hydroxyl groups excluding tert-OH is 1. The van der Waals surface area contributed by atoms with E-state index >= 15 is 0 Å². The van der Waals surface area contributed by atoms with E-state index in [1.807, 2.05) is 6.08 Å². The van der Waals surface area contributed by atoms with Crippen LogP contribution in [0.15, 0.2) is 83.6 Å². The highest BCUT2D eigenvalue weighted by Crippen LogP contribution is 2.31. The number of pyridine rings is 1. The lowest BCUT2D eigenvalue weighted by Gasteiger charge is -2.12. The number of benzene rings is 1. The molecule has 4 rings (SSSR count). The highest BCUT2D eigenvalue weighted by atomic mass is 35.5. The van der Waals surface area contributed by atoms with Crippen molar-refractivity contribution in [3.05, 3.63) is 89.3 Å². The van der Waals surface area contributed by atoms with E-state index in [0.29, 0.717) is 28.3 Å². The van der Waals surface area contributed by atoms with Gasteiger partial charge in [-0.3, -0.25) is 4.72 Å². The molecular weight excluding hydrogens is 521 g/mol. The van der Waals surface area contributed by atoms with Crippen LogP contribution in [0.2, 0.25) is 5.02 Å². The number of anilines is 1. The first kappa shape index (κ1) is 25.7. The Hall–Kier alpha value is -3.41. The molecule has 1 aliphatic rings. The molecule has 1 aliphatic carbocycles. The Balaban J connectivity index is 1.69. The summed E-state index contributed by atoms with van der Waals surface area (Å²) in [4.78, 5) is -0.260. The molecule has 190 valence electrons. The van der Waals surface area contributed by atoms with Crippen LogP contribution in [0.5, 0.6) is 5.75 Å². The third-order valence-corrected chi connectivity index (χ3v) is 6.94. The fraction of sp³-hybridized carbons (Fsp3) is 0.167. The molecule has 7 nitrogen and oxygen atoms in total. The molecule has 0 radical (unpaired) electrons. The maximum absolute atomic E-state index is 12.9.